The highest BCUT2D eigenvalue weighted by Gasteiger charge is 2.20. The number of hydrogen-bond donors (Lipinski definition) is 1. The molecule has 1 aliphatic rings. The molecule has 1 aliphatic heterocycles. The Kier molecular flexibility index (Phi) is 3.28. The van der Waals surface area contributed by atoms with Crippen LogP contribution in [0.15, 0.2) is 12.3 Å². The maximum absolute atomic E-state index is 8.89. The summed E-state index contributed by atoms with van der Waals surface area (Å²) in [6, 6.07) is 3.84. The molecule has 1 aromatic rings. The SMILES string of the molecule is N#Cc1ccnc(N2CCC[C@@H](N)C2)c1Cl. The Morgan fingerprint density at radius 2 is 2.44 bits per heavy atom. The van der Waals surface area contributed by atoms with Crippen molar-refractivity contribution in [3.63, 3.8) is 0 Å². The van der Waals surface area contributed by atoms with Gasteiger partial charge >= 0.3 is 0 Å². The second-order valence-electron chi connectivity index (χ2n) is 3.96. The van der Waals surface area contributed by atoms with E-state index < -0.39 is 0 Å². The Labute approximate surface area is 99.6 Å². The van der Waals surface area contributed by atoms with E-state index in [1.165, 1.54) is 0 Å². The van der Waals surface area contributed by atoms with E-state index in [2.05, 4.69) is 16.0 Å². The van der Waals surface area contributed by atoms with Gasteiger partial charge in [0.15, 0.2) is 0 Å². The molecule has 1 fully saturated rings. The maximum Gasteiger partial charge on any atom is 0.148 e. The van der Waals surface area contributed by atoms with Crippen molar-refractivity contribution in [3.05, 3.63) is 22.8 Å². The second-order valence-corrected chi connectivity index (χ2v) is 4.33. The molecule has 1 atom stereocenters. The van der Waals surface area contributed by atoms with E-state index in [0.717, 1.165) is 25.9 Å². The van der Waals surface area contributed by atoms with Crippen LogP contribution in [0.4, 0.5) is 5.82 Å². The average Bonchev–Trinajstić information content (AvgIpc) is 2.29. The van der Waals surface area contributed by atoms with Crippen LogP contribution in [0.5, 0.6) is 0 Å². The molecule has 16 heavy (non-hydrogen) atoms. The molecule has 1 saturated heterocycles. The van der Waals surface area contributed by atoms with Gasteiger partial charge in [0.1, 0.15) is 16.9 Å². The Morgan fingerprint density at radius 1 is 1.62 bits per heavy atom. The van der Waals surface area contributed by atoms with E-state index in [1.807, 2.05) is 0 Å². The maximum atomic E-state index is 8.89. The molecule has 5 heteroatoms. The lowest BCUT2D eigenvalue weighted by atomic mass is 10.1. The van der Waals surface area contributed by atoms with Crippen LogP contribution in [-0.4, -0.2) is 24.1 Å². The van der Waals surface area contributed by atoms with Crippen LogP contribution < -0.4 is 10.6 Å². The van der Waals surface area contributed by atoms with Crippen molar-refractivity contribution in [1.82, 2.24) is 4.98 Å². The van der Waals surface area contributed by atoms with Crippen LogP contribution in [0, 0.1) is 11.3 Å². The van der Waals surface area contributed by atoms with Crippen molar-refractivity contribution in [2.24, 2.45) is 5.73 Å². The van der Waals surface area contributed by atoms with Gasteiger partial charge in [-0.1, -0.05) is 11.6 Å². The molecule has 0 aromatic carbocycles. The third kappa shape index (κ3) is 2.11. The lowest BCUT2D eigenvalue weighted by Crippen LogP contribution is -2.43. The third-order valence-corrected chi connectivity index (χ3v) is 3.12. The van der Waals surface area contributed by atoms with Crippen LogP contribution in [-0.2, 0) is 0 Å². The largest absolute Gasteiger partial charge is 0.354 e. The number of piperidine rings is 1. The van der Waals surface area contributed by atoms with E-state index in [-0.39, 0.29) is 6.04 Å². The molecule has 0 radical (unpaired) electrons. The first kappa shape index (κ1) is 11.2. The van der Waals surface area contributed by atoms with Gasteiger partial charge < -0.3 is 10.6 Å². The van der Waals surface area contributed by atoms with Crippen LogP contribution in [0.1, 0.15) is 18.4 Å². The number of halogens is 1. The monoisotopic (exact) mass is 236 g/mol. The number of pyridine rings is 1. The van der Waals surface area contributed by atoms with Crippen molar-refractivity contribution in [3.8, 4) is 6.07 Å². The highest BCUT2D eigenvalue weighted by atomic mass is 35.5. The molecule has 0 aliphatic carbocycles. The minimum absolute atomic E-state index is 0.164. The van der Waals surface area contributed by atoms with Crippen molar-refractivity contribution in [2.75, 3.05) is 18.0 Å². The first-order valence-electron chi connectivity index (χ1n) is 5.27. The first-order chi connectivity index (χ1) is 7.72. The quantitative estimate of drug-likeness (QED) is 0.803. The molecule has 0 bridgehead atoms. The minimum Gasteiger partial charge on any atom is -0.354 e. The van der Waals surface area contributed by atoms with E-state index >= 15 is 0 Å². The molecule has 0 amide bonds. The van der Waals surface area contributed by atoms with Gasteiger partial charge in [0.2, 0.25) is 0 Å². The Balaban J connectivity index is 2.30. The number of nitrogens with zero attached hydrogens (tertiary/aromatic N) is 3. The van der Waals surface area contributed by atoms with Crippen molar-refractivity contribution >= 4 is 17.4 Å². The van der Waals surface area contributed by atoms with E-state index in [1.54, 1.807) is 12.3 Å². The zero-order valence-electron chi connectivity index (χ0n) is 8.86. The fourth-order valence-corrected chi connectivity index (χ4v) is 2.22. The predicted molar refractivity (Wildman–Crippen MR) is 63.4 cm³/mol. The highest BCUT2D eigenvalue weighted by Crippen LogP contribution is 2.28. The molecule has 0 spiro atoms. The van der Waals surface area contributed by atoms with Crippen molar-refractivity contribution < 1.29 is 0 Å². The summed E-state index contributed by atoms with van der Waals surface area (Å²) in [6.07, 6.45) is 3.68. The van der Waals surface area contributed by atoms with E-state index in [0.29, 0.717) is 16.4 Å². The molecular formula is C11H13ClN4. The lowest BCUT2D eigenvalue weighted by molar-refractivity contribution is 0.503. The summed E-state index contributed by atoms with van der Waals surface area (Å²) < 4.78 is 0. The molecule has 4 nitrogen and oxygen atoms in total. The van der Waals surface area contributed by atoms with Crippen LogP contribution >= 0.6 is 11.6 Å². The Bertz CT molecular complexity index is 426. The van der Waals surface area contributed by atoms with Gasteiger partial charge in [0, 0.05) is 25.3 Å². The summed E-state index contributed by atoms with van der Waals surface area (Å²) in [4.78, 5) is 6.29. The lowest BCUT2D eigenvalue weighted by Gasteiger charge is -2.32. The summed E-state index contributed by atoms with van der Waals surface area (Å²) in [7, 11) is 0. The third-order valence-electron chi connectivity index (χ3n) is 2.75. The van der Waals surface area contributed by atoms with Crippen LogP contribution in [0.2, 0.25) is 5.02 Å². The van der Waals surface area contributed by atoms with Crippen molar-refractivity contribution in [1.29, 1.82) is 5.26 Å². The van der Waals surface area contributed by atoms with Gasteiger partial charge in [-0.05, 0) is 18.9 Å². The van der Waals surface area contributed by atoms with Crippen molar-refractivity contribution in [2.45, 2.75) is 18.9 Å². The standard InChI is InChI=1S/C11H13ClN4/c12-10-8(6-13)3-4-15-11(10)16-5-1-2-9(14)7-16/h3-4,9H,1-2,5,7,14H2/t9-/m1/s1. The number of nitriles is 1. The predicted octanol–water partition coefficient (Wildman–Crippen LogP) is 1.53. The van der Waals surface area contributed by atoms with E-state index in [4.69, 9.17) is 22.6 Å². The Hall–Kier alpha value is -1.31. The summed E-state index contributed by atoms with van der Waals surface area (Å²) >= 11 is 6.12. The molecule has 0 saturated carbocycles. The number of aromatic nitrogens is 1. The van der Waals surface area contributed by atoms with Gasteiger partial charge in [-0.2, -0.15) is 5.26 Å². The first-order valence-corrected chi connectivity index (χ1v) is 5.65. The number of anilines is 1. The average molecular weight is 237 g/mol. The molecule has 2 heterocycles. The zero-order chi connectivity index (χ0) is 11.5. The fraction of sp³-hybridized carbons (Fsp3) is 0.455. The fourth-order valence-electron chi connectivity index (χ4n) is 1.94. The molecular weight excluding hydrogens is 224 g/mol. The number of hydrogen-bond acceptors (Lipinski definition) is 4. The smallest absolute Gasteiger partial charge is 0.148 e. The van der Waals surface area contributed by atoms with Gasteiger partial charge in [-0.3, -0.25) is 0 Å². The molecule has 84 valence electrons. The second kappa shape index (κ2) is 4.69. The molecule has 2 N–H and O–H groups in total. The minimum atomic E-state index is 0.164. The normalized spacial score (nSPS) is 20.6. The molecule has 2 rings (SSSR count). The summed E-state index contributed by atoms with van der Waals surface area (Å²) in [5.41, 5.74) is 6.37. The van der Waals surface area contributed by atoms with Gasteiger partial charge in [0.05, 0.1) is 5.56 Å². The van der Waals surface area contributed by atoms with Gasteiger partial charge in [-0.25, -0.2) is 4.98 Å². The number of nitrogens with two attached hydrogens (primary N) is 1. The summed E-state index contributed by atoms with van der Waals surface area (Å²) in [5, 5.41) is 9.32. The summed E-state index contributed by atoms with van der Waals surface area (Å²) in [5.74, 6) is 0.677. The van der Waals surface area contributed by atoms with E-state index in [9.17, 15) is 0 Å². The highest BCUT2D eigenvalue weighted by molar-refractivity contribution is 6.34. The number of rotatable bonds is 1. The molecule has 1 aromatic heterocycles. The van der Waals surface area contributed by atoms with Gasteiger partial charge in [0.25, 0.3) is 0 Å². The van der Waals surface area contributed by atoms with Crippen LogP contribution in [0.25, 0.3) is 0 Å². The summed E-state index contributed by atoms with van der Waals surface area (Å²) in [6.45, 7) is 1.65. The Morgan fingerprint density at radius 3 is 3.12 bits per heavy atom. The zero-order valence-corrected chi connectivity index (χ0v) is 9.61. The molecule has 0 unspecified atom stereocenters. The van der Waals surface area contributed by atoms with Crippen LogP contribution in [0.3, 0.4) is 0 Å². The topological polar surface area (TPSA) is 65.9 Å². The van der Waals surface area contributed by atoms with Gasteiger partial charge in [-0.15, -0.1) is 0 Å².